The molecule has 74 valence electrons. The molecular formula is C13H22. The van der Waals surface area contributed by atoms with Crippen LogP contribution in [0.1, 0.15) is 40.5 Å². The van der Waals surface area contributed by atoms with Gasteiger partial charge in [0, 0.05) is 0 Å². The van der Waals surface area contributed by atoms with Crippen LogP contribution in [0.15, 0.2) is 36.0 Å². The van der Waals surface area contributed by atoms with Gasteiger partial charge in [0.1, 0.15) is 0 Å². The van der Waals surface area contributed by atoms with Crippen molar-refractivity contribution in [2.45, 2.75) is 40.5 Å². The van der Waals surface area contributed by atoms with Gasteiger partial charge in [-0.2, -0.15) is 0 Å². The second-order valence-electron chi connectivity index (χ2n) is 3.54. The lowest BCUT2D eigenvalue weighted by Crippen LogP contribution is -1.97. The third-order valence-electron chi connectivity index (χ3n) is 2.56. The first-order valence-electron chi connectivity index (χ1n) is 5.13. The maximum absolute atomic E-state index is 3.73. The molecule has 0 fully saturated rings. The summed E-state index contributed by atoms with van der Waals surface area (Å²) in [5.41, 5.74) is 2.71. The van der Waals surface area contributed by atoms with Crippen molar-refractivity contribution in [3.63, 3.8) is 0 Å². The van der Waals surface area contributed by atoms with Crippen molar-refractivity contribution < 1.29 is 0 Å². The highest BCUT2D eigenvalue weighted by molar-refractivity contribution is 5.22. The van der Waals surface area contributed by atoms with Crippen LogP contribution in [0.2, 0.25) is 0 Å². The normalized spacial score (nSPS) is 13.6. The summed E-state index contributed by atoms with van der Waals surface area (Å²) in [5, 5.41) is 0. The maximum atomic E-state index is 3.73. The molecule has 0 N–H and O–H groups in total. The number of hydrogen-bond donors (Lipinski definition) is 0. The Hall–Kier alpha value is -0.780. The Kier molecular flexibility index (Phi) is 6.30. The summed E-state index contributed by atoms with van der Waals surface area (Å²) in [4.78, 5) is 0. The first-order valence-corrected chi connectivity index (χ1v) is 5.13. The van der Waals surface area contributed by atoms with E-state index in [1.807, 2.05) is 6.08 Å². The predicted molar refractivity (Wildman–Crippen MR) is 61.8 cm³/mol. The first kappa shape index (κ1) is 12.2. The Morgan fingerprint density at radius 2 is 1.69 bits per heavy atom. The third-order valence-corrected chi connectivity index (χ3v) is 2.56. The first-order chi connectivity index (χ1) is 6.15. The van der Waals surface area contributed by atoms with Gasteiger partial charge < -0.3 is 0 Å². The average molecular weight is 178 g/mol. The molecule has 0 saturated heterocycles. The fraction of sp³-hybridized carbons (Fsp3) is 0.538. The summed E-state index contributed by atoms with van der Waals surface area (Å²) in [7, 11) is 0. The molecule has 0 atom stereocenters. The second kappa shape index (κ2) is 6.71. The molecule has 0 aliphatic heterocycles. The van der Waals surface area contributed by atoms with E-state index in [-0.39, 0.29) is 0 Å². The van der Waals surface area contributed by atoms with Crippen LogP contribution >= 0.6 is 0 Å². The van der Waals surface area contributed by atoms with Gasteiger partial charge in [0.25, 0.3) is 0 Å². The van der Waals surface area contributed by atoms with Crippen molar-refractivity contribution in [3.8, 4) is 0 Å². The molecular weight excluding hydrogens is 156 g/mol. The van der Waals surface area contributed by atoms with Gasteiger partial charge in [-0.3, -0.25) is 0 Å². The Bertz CT molecular complexity index is 202. The van der Waals surface area contributed by atoms with Crippen molar-refractivity contribution in [2.75, 3.05) is 0 Å². The van der Waals surface area contributed by atoms with Gasteiger partial charge in [-0.1, -0.05) is 49.8 Å². The van der Waals surface area contributed by atoms with Gasteiger partial charge in [-0.25, -0.2) is 0 Å². The minimum Gasteiger partial charge on any atom is -0.0988 e. The largest absolute Gasteiger partial charge is 0.0988 e. The van der Waals surface area contributed by atoms with E-state index in [0.717, 1.165) is 5.92 Å². The molecule has 0 rings (SSSR count). The van der Waals surface area contributed by atoms with Crippen molar-refractivity contribution >= 4 is 0 Å². The van der Waals surface area contributed by atoms with Crippen molar-refractivity contribution in [1.82, 2.24) is 0 Å². The molecule has 13 heavy (non-hydrogen) atoms. The second-order valence-corrected chi connectivity index (χ2v) is 3.54. The molecule has 0 aliphatic rings. The number of allylic oxidation sites excluding steroid dienone is 5. The van der Waals surface area contributed by atoms with Crippen LogP contribution in [0.4, 0.5) is 0 Å². The highest BCUT2D eigenvalue weighted by atomic mass is 14.1. The molecule has 0 aromatic rings. The summed E-state index contributed by atoms with van der Waals surface area (Å²) in [6.45, 7) is 12.5. The van der Waals surface area contributed by atoms with Crippen LogP contribution in [-0.4, -0.2) is 0 Å². The predicted octanol–water partition coefficient (Wildman–Crippen LogP) is 4.50. The Morgan fingerprint density at radius 3 is 2.08 bits per heavy atom. The minimum absolute atomic E-state index is 0.744. The van der Waals surface area contributed by atoms with E-state index < -0.39 is 0 Å². The van der Waals surface area contributed by atoms with E-state index in [2.05, 4.69) is 46.4 Å². The fourth-order valence-corrected chi connectivity index (χ4v) is 1.40. The molecule has 0 aromatic heterocycles. The van der Waals surface area contributed by atoms with Gasteiger partial charge in [0.2, 0.25) is 0 Å². The molecule has 0 bridgehead atoms. The topological polar surface area (TPSA) is 0 Å². The number of hydrogen-bond acceptors (Lipinski definition) is 0. The zero-order chi connectivity index (χ0) is 10.3. The van der Waals surface area contributed by atoms with E-state index in [9.17, 15) is 0 Å². The molecule has 0 aliphatic carbocycles. The standard InChI is InChI=1S/C13H22/c1-6-11(4)9-10-12(5)13(7-2)8-3/h6,9-10,13H,1,7-8H2,2-5H3. The molecule has 0 radical (unpaired) electrons. The number of rotatable bonds is 5. The maximum Gasteiger partial charge on any atom is -0.0208 e. The fourth-order valence-electron chi connectivity index (χ4n) is 1.40. The molecule has 0 heteroatoms. The van der Waals surface area contributed by atoms with E-state index in [4.69, 9.17) is 0 Å². The zero-order valence-electron chi connectivity index (χ0n) is 9.43. The van der Waals surface area contributed by atoms with Crippen molar-refractivity contribution in [3.05, 3.63) is 36.0 Å². The summed E-state index contributed by atoms with van der Waals surface area (Å²) in [6.07, 6.45) is 8.71. The van der Waals surface area contributed by atoms with E-state index in [0.29, 0.717) is 0 Å². The Labute approximate surface area is 83.0 Å². The third kappa shape index (κ3) is 4.72. The molecule has 0 heterocycles. The van der Waals surface area contributed by atoms with Crippen molar-refractivity contribution in [1.29, 1.82) is 0 Å². The van der Waals surface area contributed by atoms with Gasteiger partial charge >= 0.3 is 0 Å². The summed E-state index contributed by atoms with van der Waals surface area (Å²) >= 11 is 0. The molecule has 0 saturated carbocycles. The SMILES string of the molecule is C=CC(C)=CC=C(C)C(CC)CC. The van der Waals surface area contributed by atoms with E-state index in [1.165, 1.54) is 24.0 Å². The van der Waals surface area contributed by atoms with Crippen molar-refractivity contribution in [2.24, 2.45) is 5.92 Å². The molecule has 0 spiro atoms. The van der Waals surface area contributed by atoms with Gasteiger partial charge in [0.15, 0.2) is 0 Å². The van der Waals surface area contributed by atoms with Gasteiger partial charge in [-0.05, 0) is 32.6 Å². The molecule has 0 amide bonds. The lowest BCUT2D eigenvalue weighted by Gasteiger charge is -2.11. The van der Waals surface area contributed by atoms with Crippen LogP contribution < -0.4 is 0 Å². The molecule has 0 unspecified atom stereocenters. The van der Waals surface area contributed by atoms with Crippen LogP contribution in [0.25, 0.3) is 0 Å². The molecule has 0 nitrogen and oxygen atoms in total. The molecule has 0 aromatic carbocycles. The van der Waals surface area contributed by atoms with E-state index >= 15 is 0 Å². The van der Waals surface area contributed by atoms with Crippen LogP contribution in [-0.2, 0) is 0 Å². The zero-order valence-corrected chi connectivity index (χ0v) is 9.43. The lowest BCUT2D eigenvalue weighted by atomic mass is 9.94. The highest BCUT2D eigenvalue weighted by Crippen LogP contribution is 2.18. The lowest BCUT2D eigenvalue weighted by molar-refractivity contribution is 0.572. The highest BCUT2D eigenvalue weighted by Gasteiger charge is 2.03. The average Bonchev–Trinajstić information content (AvgIpc) is 2.16. The minimum atomic E-state index is 0.744. The van der Waals surface area contributed by atoms with E-state index in [1.54, 1.807) is 0 Å². The monoisotopic (exact) mass is 178 g/mol. The summed E-state index contributed by atoms with van der Waals surface area (Å²) in [5.74, 6) is 0.744. The smallest absolute Gasteiger partial charge is 0.0208 e. The Balaban J connectivity index is 4.38. The summed E-state index contributed by atoms with van der Waals surface area (Å²) < 4.78 is 0. The quantitative estimate of drug-likeness (QED) is 0.544. The van der Waals surface area contributed by atoms with Gasteiger partial charge in [0.05, 0.1) is 0 Å². The van der Waals surface area contributed by atoms with Crippen LogP contribution in [0.3, 0.4) is 0 Å². The van der Waals surface area contributed by atoms with Crippen LogP contribution in [0, 0.1) is 5.92 Å². The Morgan fingerprint density at radius 1 is 1.15 bits per heavy atom. The van der Waals surface area contributed by atoms with Crippen LogP contribution in [0.5, 0.6) is 0 Å². The van der Waals surface area contributed by atoms with Gasteiger partial charge in [-0.15, -0.1) is 0 Å². The summed E-state index contributed by atoms with van der Waals surface area (Å²) in [6, 6.07) is 0.